The molecule has 0 aromatic heterocycles. The number of nitrogens with one attached hydrogen (secondary N) is 2. The highest BCUT2D eigenvalue weighted by molar-refractivity contribution is 9.10. The van der Waals surface area contributed by atoms with Crippen molar-refractivity contribution in [2.45, 2.75) is 38.3 Å². The van der Waals surface area contributed by atoms with Gasteiger partial charge in [0.2, 0.25) is 5.91 Å². The van der Waals surface area contributed by atoms with E-state index >= 15 is 0 Å². The van der Waals surface area contributed by atoms with Gasteiger partial charge in [-0.05, 0) is 71.8 Å². The van der Waals surface area contributed by atoms with Gasteiger partial charge in [-0.15, -0.1) is 0 Å². The molecule has 0 heterocycles. The fraction of sp³-hybridized carbons (Fsp3) is 0.364. The number of benzene rings is 2. The summed E-state index contributed by atoms with van der Waals surface area (Å²) in [5.74, 6) is 0.424. The van der Waals surface area contributed by atoms with Gasteiger partial charge in [-0.3, -0.25) is 9.59 Å². The molecule has 2 aromatic carbocycles. The van der Waals surface area contributed by atoms with Gasteiger partial charge in [0.15, 0.2) is 0 Å². The molecule has 0 radical (unpaired) electrons. The molecule has 150 valence electrons. The Balaban J connectivity index is 1.94. The number of aryl methyl sites for hydroxylation is 1. The highest BCUT2D eigenvalue weighted by Crippen LogP contribution is 2.16. The lowest BCUT2D eigenvalue weighted by molar-refractivity contribution is -0.123. The Kier molecular flexibility index (Phi) is 9.58. The summed E-state index contributed by atoms with van der Waals surface area (Å²) < 4.78 is 0.716. The van der Waals surface area contributed by atoms with E-state index < -0.39 is 6.04 Å². The van der Waals surface area contributed by atoms with Crippen molar-refractivity contribution in [3.05, 3.63) is 70.2 Å². The fourth-order valence-electron chi connectivity index (χ4n) is 2.83. The monoisotopic (exact) mass is 462 g/mol. The molecule has 0 saturated carbocycles. The third kappa shape index (κ3) is 7.32. The summed E-state index contributed by atoms with van der Waals surface area (Å²) in [5, 5.41) is 5.95. The Morgan fingerprint density at radius 2 is 1.68 bits per heavy atom. The van der Waals surface area contributed by atoms with Gasteiger partial charge in [-0.25, -0.2) is 0 Å². The summed E-state index contributed by atoms with van der Waals surface area (Å²) in [6.45, 7) is 2.00. The molecule has 6 heteroatoms. The predicted octanol–water partition coefficient (Wildman–Crippen LogP) is 4.44. The minimum absolute atomic E-state index is 0.0323. The second-order valence-corrected chi connectivity index (χ2v) is 8.56. The zero-order valence-electron chi connectivity index (χ0n) is 16.3. The maximum absolute atomic E-state index is 12.8. The molecule has 0 aliphatic heterocycles. The van der Waals surface area contributed by atoms with Gasteiger partial charge >= 0.3 is 0 Å². The summed E-state index contributed by atoms with van der Waals surface area (Å²) in [5.41, 5.74) is 1.78. The van der Waals surface area contributed by atoms with E-state index in [4.69, 9.17) is 0 Å². The van der Waals surface area contributed by atoms with Crippen LogP contribution in [0.5, 0.6) is 0 Å². The molecule has 0 aliphatic rings. The molecular formula is C22H27BrN2O2S. The van der Waals surface area contributed by atoms with Crippen LogP contribution in [-0.4, -0.2) is 35.9 Å². The second-order valence-electron chi connectivity index (χ2n) is 6.72. The molecule has 0 spiro atoms. The molecule has 0 unspecified atom stereocenters. The Hall–Kier alpha value is -1.79. The van der Waals surface area contributed by atoms with Gasteiger partial charge in [-0.2, -0.15) is 11.8 Å². The molecule has 2 atom stereocenters. The SMILES string of the molecule is CSCC[C@@H](NC(=O)c1ccccc1Br)C(=O)N[C@H](C)CCc1ccccc1. The molecule has 0 aliphatic carbocycles. The van der Waals surface area contributed by atoms with E-state index in [1.807, 2.05) is 49.6 Å². The molecule has 2 N–H and O–H groups in total. The van der Waals surface area contributed by atoms with Crippen LogP contribution in [0, 0.1) is 0 Å². The van der Waals surface area contributed by atoms with Crippen LogP contribution >= 0.6 is 27.7 Å². The largest absolute Gasteiger partial charge is 0.352 e. The molecule has 28 heavy (non-hydrogen) atoms. The maximum Gasteiger partial charge on any atom is 0.253 e. The van der Waals surface area contributed by atoms with Crippen LogP contribution in [0.2, 0.25) is 0 Å². The number of halogens is 1. The zero-order valence-corrected chi connectivity index (χ0v) is 18.7. The Bertz CT molecular complexity index is 770. The Morgan fingerprint density at radius 1 is 1.00 bits per heavy atom. The lowest BCUT2D eigenvalue weighted by atomic mass is 10.1. The zero-order chi connectivity index (χ0) is 20.4. The minimum atomic E-state index is -0.550. The van der Waals surface area contributed by atoms with Gasteiger partial charge in [-0.1, -0.05) is 42.5 Å². The van der Waals surface area contributed by atoms with E-state index in [0.717, 1.165) is 18.6 Å². The summed E-state index contributed by atoms with van der Waals surface area (Å²) in [7, 11) is 0. The minimum Gasteiger partial charge on any atom is -0.352 e. The number of rotatable bonds is 10. The van der Waals surface area contributed by atoms with Crippen molar-refractivity contribution >= 4 is 39.5 Å². The van der Waals surface area contributed by atoms with E-state index in [1.54, 1.807) is 17.8 Å². The Morgan fingerprint density at radius 3 is 2.36 bits per heavy atom. The maximum atomic E-state index is 12.8. The van der Waals surface area contributed by atoms with Crippen molar-refractivity contribution in [3.8, 4) is 0 Å². The van der Waals surface area contributed by atoms with Crippen LogP contribution in [0.1, 0.15) is 35.7 Å². The number of amides is 2. The predicted molar refractivity (Wildman–Crippen MR) is 121 cm³/mol. The first kappa shape index (κ1) is 22.5. The molecular weight excluding hydrogens is 436 g/mol. The summed E-state index contributed by atoms with van der Waals surface area (Å²) in [6.07, 6.45) is 4.34. The highest BCUT2D eigenvalue weighted by Gasteiger charge is 2.23. The van der Waals surface area contributed by atoms with Crippen LogP contribution in [0.4, 0.5) is 0 Å². The Labute approximate surface area is 180 Å². The van der Waals surface area contributed by atoms with Crippen molar-refractivity contribution < 1.29 is 9.59 Å². The van der Waals surface area contributed by atoms with Gasteiger partial charge < -0.3 is 10.6 Å². The number of thioether (sulfide) groups is 1. The van der Waals surface area contributed by atoms with Crippen LogP contribution in [0.25, 0.3) is 0 Å². The number of hydrogen-bond donors (Lipinski definition) is 2. The molecule has 0 bridgehead atoms. The van der Waals surface area contributed by atoms with Crippen molar-refractivity contribution in [3.63, 3.8) is 0 Å². The second kappa shape index (κ2) is 11.9. The van der Waals surface area contributed by atoms with E-state index in [9.17, 15) is 9.59 Å². The van der Waals surface area contributed by atoms with Crippen LogP contribution in [-0.2, 0) is 11.2 Å². The van der Waals surface area contributed by atoms with E-state index in [2.05, 4.69) is 38.7 Å². The molecule has 2 amide bonds. The number of carbonyl (C=O) groups is 2. The number of hydrogen-bond acceptors (Lipinski definition) is 3. The molecule has 2 rings (SSSR count). The lowest BCUT2D eigenvalue weighted by Crippen LogP contribution is -2.49. The average Bonchev–Trinajstić information content (AvgIpc) is 2.70. The quantitative estimate of drug-likeness (QED) is 0.548. The molecule has 4 nitrogen and oxygen atoms in total. The molecule has 0 fully saturated rings. The third-order valence-corrected chi connectivity index (χ3v) is 5.78. The third-order valence-electron chi connectivity index (χ3n) is 4.45. The van der Waals surface area contributed by atoms with E-state index in [0.29, 0.717) is 16.5 Å². The normalized spacial score (nSPS) is 12.8. The van der Waals surface area contributed by atoms with Crippen molar-refractivity contribution in [2.24, 2.45) is 0 Å². The van der Waals surface area contributed by atoms with Crippen molar-refractivity contribution in [1.29, 1.82) is 0 Å². The highest BCUT2D eigenvalue weighted by atomic mass is 79.9. The van der Waals surface area contributed by atoms with Crippen LogP contribution in [0.3, 0.4) is 0 Å². The van der Waals surface area contributed by atoms with Gasteiger partial charge in [0.05, 0.1) is 5.56 Å². The number of carbonyl (C=O) groups excluding carboxylic acids is 2. The smallest absolute Gasteiger partial charge is 0.253 e. The fourth-order valence-corrected chi connectivity index (χ4v) is 3.77. The van der Waals surface area contributed by atoms with Crippen LogP contribution in [0.15, 0.2) is 59.1 Å². The lowest BCUT2D eigenvalue weighted by Gasteiger charge is -2.21. The topological polar surface area (TPSA) is 58.2 Å². The van der Waals surface area contributed by atoms with Gasteiger partial charge in [0.25, 0.3) is 5.91 Å². The molecule has 0 saturated heterocycles. The van der Waals surface area contributed by atoms with E-state index in [1.165, 1.54) is 5.56 Å². The first-order valence-corrected chi connectivity index (χ1v) is 11.6. The summed E-state index contributed by atoms with van der Waals surface area (Å²) in [6, 6.07) is 16.9. The van der Waals surface area contributed by atoms with Crippen LogP contribution < -0.4 is 10.6 Å². The van der Waals surface area contributed by atoms with Gasteiger partial charge in [0.1, 0.15) is 6.04 Å². The van der Waals surface area contributed by atoms with Gasteiger partial charge in [0, 0.05) is 10.5 Å². The first-order chi connectivity index (χ1) is 13.5. The average molecular weight is 463 g/mol. The van der Waals surface area contributed by atoms with E-state index in [-0.39, 0.29) is 17.9 Å². The van der Waals surface area contributed by atoms with Crippen molar-refractivity contribution in [2.75, 3.05) is 12.0 Å². The molecule has 2 aromatic rings. The standard InChI is InChI=1S/C22H27BrN2O2S/c1-16(12-13-17-8-4-3-5-9-17)24-22(27)20(14-15-28-2)25-21(26)18-10-6-7-11-19(18)23/h3-11,16,20H,12-15H2,1-2H3,(H,24,27)(H,25,26)/t16-,20-/m1/s1. The summed E-state index contributed by atoms with van der Waals surface area (Å²) in [4.78, 5) is 25.4. The summed E-state index contributed by atoms with van der Waals surface area (Å²) >= 11 is 5.05. The van der Waals surface area contributed by atoms with Crippen molar-refractivity contribution in [1.82, 2.24) is 10.6 Å². The first-order valence-electron chi connectivity index (χ1n) is 9.40.